The molecule has 0 N–H and O–H groups in total. The van der Waals surface area contributed by atoms with Crippen LogP contribution in [0.4, 0.5) is 8.78 Å². The Morgan fingerprint density at radius 1 is 1.00 bits per heavy atom. The van der Waals surface area contributed by atoms with Gasteiger partial charge in [-0.2, -0.15) is 0 Å². The van der Waals surface area contributed by atoms with Crippen molar-refractivity contribution in [2.24, 2.45) is 5.92 Å². The number of rotatable bonds is 3. The number of hydrogen-bond acceptors (Lipinski definition) is 3. The van der Waals surface area contributed by atoms with Crippen molar-refractivity contribution in [2.75, 3.05) is 32.8 Å². The van der Waals surface area contributed by atoms with E-state index < -0.39 is 11.6 Å². The van der Waals surface area contributed by atoms with Crippen molar-refractivity contribution in [1.82, 2.24) is 9.80 Å². The highest BCUT2D eigenvalue weighted by Crippen LogP contribution is 2.35. The molecule has 0 aromatic heterocycles. The van der Waals surface area contributed by atoms with Gasteiger partial charge in [-0.25, -0.2) is 8.78 Å². The Morgan fingerprint density at radius 3 is 2.29 bits per heavy atom. The minimum absolute atomic E-state index is 0.0264. The molecule has 1 aromatic rings. The highest BCUT2D eigenvalue weighted by molar-refractivity contribution is 5.79. The first kappa shape index (κ1) is 19.8. The molecular weight excluding hydrogens is 362 g/mol. The topological polar surface area (TPSA) is 32.8 Å². The maximum Gasteiger partial charge on any atom is 0.225 e. The maximum absolute atomic E-state index is 13.4. The number of hydrogen-bond donors (Lipinski definition) is 0. The average molecular weight is 392 g/mol. The molecule has 0 unspecified atom stereocenters. The average Bonchev–Trinajstić information content (AvgIpc) is 2.69. The first-order valence-corrected chi connectivity index (χ1v) is 10.6. The number of likely N-dealkylation sites (tertiary alicyclic amines) is 2. The van der Waals surface area contributed by atoms with Gasteiger partial charge in [0, 0.05) is 38.2 Å². The second kappa shape index (κ2) is 8.46. The van der Waals surface area contributed by atoms with Gasteiger partial charge in [-0.05, 0) is 75.7 Å². The standard InChI is InChI=1S/C22H30F2N2O2/c23-19-13-17(14-20(24)15-19)16-25-8-3-18(4-9-25)21(27)26-10-6-22(7-11-26)5-1-2-12-28-22/h13-15,18H,1-12,16H2. The predicted octanol–water partition coefficient (Wildman–Crippen LogP) is 3.74. The van der Waals surface area contributed by atoms with E-state index in [1.165, 1.54) is 18.6 Å². The van der Waals surface area contributed by atoms with Crippen LogP contribution >= 0.6 is 0 Å². The van der Waals surface area contributed by atoms with Crippen LogP contribution in [0.3, 0.4) is 0 Å². The molecule has 4 nitrogen and oxygen atoms in total. The fourth-order valence-corrected chi connectivity index (χ4v) is 5.00. The quantitative estimate of drug-likeness (QED) is 0.786. The van der Waals surface area contributed by atoms with E-state index in [9.17, 15) is 13.6 Å². The maximum atomic E-state index is 13.4. The second-order valence-corrected chi connectivity index (χ2v) is 8.64. The summed E-state index contributed by atoms with van der Waals surface area (Å²) in [7, 11) is 0. The van der Waals surface area contributed by atoms with Crippen molar-refractivity contribution in [1.29, 1.82) is 0 Å². The van der Waals surface area contributed by atoms with E-state index in [-0.39, 0.29) is 17.4 Å². The van der Waals surface area contributed by atoms with Gasteiger partial charge in [-0.3, -0.25) is 9.69 Å². The van der Waals surface area contributed by atoms with E-state index in [0.717, 1.165) is 77.4 Å². The summed E-state index contributed by atoms with van der Waals surface area (Å²) in [6, 6.07) is 3.67. The Morgan fingerprint density at radius 2 is 1.68 bits per heavy atom. The van der Waals surface area contributed by atoms with Gasteiger partial charge >= 0.3 is 0 Å². The van der Waals surface area contributed by atoms with Gasteiger partial charge in [-0.1, -0.05) is 0 Å². The number of carbonyl (C=O) groups is 1. The second-order valence-electron chi connectivity index (χ2n) is 8.64. The molecule has 154 valence electrons. The number of amides is 1. The molecule has 0 aliphatic carbocycles. The van der Waals surface area contributed by atoms with Gasteiger partial charge in [0.25, 0.3) is 0 Å². The van der Waals surface area contributed by atoms with E-state index in [0.29, 0.717) is 12.1 Å². The first-order valence-electron chi connectivity index (χ1n) is 10.6. The van der Waals surface area contributed by atoms with E-state index in [1.54, 1.807) is 0 Å². The van der Waals surface area contributed by atoms with Crippen molar-refractivity contribution in [3.8, 4) is 0 Å². The normalized spacial score (nSPS) is 23.9. The number of carbonyl (C=O) groups excluding carboxylic acids is 1. The highest BCUT2D eigenvalue weighted by Gasteiger charge is 2.39. The van der Waals surface area contributed by atoms with Crippen LogP contribution < -0.4 is 0 Å². The Kier molecular flexibility index (Phi) is 5.97. The van der Waals surface area contributed by atoms with Gasteiger partial charge in [0.15, 0.2) is 0 Å². The zero-order valence-corrected chi connectivity index (χ0v) is 16.5. The van der Waals surface area contributed by atoms with E-state index >= 15 is 0 Å². The van der Waals surface area contributed by atoms with E-state index in [2.05, 4.69) is 4.90 Å². The molecule has 0 atom stereocenters. The monoisotopic (exact) mass is 392 g/mol. The molecule has 3 aliphatic rings. The Labute approximate surface area is 165 Å². The summed E-state index contributed by atoms with van der Waals surface area (Å²) in [5.74, 6) is -0.723. The number of piperidine rings is 2. The molecule has 1 spiro atoms. The van der Waals surface area contributed by atoms with Crippen molar-refractivity contribution in [2.45, 2.75) is 57.1 Å². The molecule has 0 radical (unpaired) electrons. The summed E-state index contributed by atoms with van der Waals surface area (Å²) in [4.78, 5) is 17.2. The molecule has 0 bridgehead atoms. The SMILES string of the molecule is O=C(C1CCN(Cc2cc(F)cc(F)c2)CC1)N1CCC2(CCCCO2)CC1. The Hall–Kier alpha value is -1.53. The molecule has 6 heteroatoms. The fraction of sp³-hybridized carbons (Fsp3) is 0.682. The third-order valence-corrected chi connectivity index (χ3v) is 6.69. The fourth-order valence-electron chi connectivity index (χ4n) is 5.00. The lowest BCUT2D eigenvalue weighted by molar-refractivity contribution is -0.147. The predicted molar refractivity (Wildman–Crippen MR) is 103 cm³/mol. The van der Waals surface area contributed by atoms with Crippen LogP contribution in [0.15, 0.2) is 18.2 Å². The van der Waals surface area contributed by atoms with Gasteiger partial charge in [0.2, 0.25) is 5.91 Å². The number of ether oxygens (including phenoxy) is 1. The smallest absolute Gasteiger partial charge is 0.225 e. The molecule has 1 amide bonds. The van der Waals surface area contributed by atoms with Crippen molar-refractivity contribution >= 4 is 5.91 Å². The number of halogens is 2. The van der Waals surface area contributed by atoms with Crippen LogP contribution in [-0.2, 0) is 16.1 Å². The highest BCUT2D eigenvalue weighted by atomic mass is 19.1. The Balaban J connectivity index is 1.25. The number of benzene rings is 1. The van der Waals surface area contributed by atoms with E-state index in [4.69, 9.17) is 4.74 Å². The number of nitrogens with zero attached hydrogens (tertiary/aromatic N) is 2. The minimum Gasteiger partial charge on any atom is -0.375 e. The zero-order valence-electron chi connectivity index (χ0n) is 16.5. The Bertz CT molecular complexity index is 668. The molecule has 3 aliphatic heterocycles. The third kappa shape index (κ3) is 4.54. The summed E-state index contributed by atoms with van der Waals surface area (Å²) in [5.41, 5.74) is 0.676. The first-order chi connectivity index (χ1) is 13.5. The van der Waals surface area contributed by atoms with Gasteiger partial charge in [-0.15, -0.1) is 0 Å². The van der Waals surface area contributed by atoms with Crippen LogP contribution in [-0.4, -0.2) is 54.1 Å². The van der Waals surface area contributed by atoms with Crippen LogP contribution in [0.2, 0.25) is 0 Å². The van der Waals surface area contributed by atoms with Crippen molar-refractivity contribution in [3.63, 3.8) is 0 Å². The molecular formula is C22H30F2N2O2. The molecule has 0 saturated carbocycles. The van der Waals surface area contributed by atoms with Crippen LogP contribution in [0.5, 0.6) is 0 Å². The molecule has 3 saturated heterocycles. The summed E-state index contributed by atoms with van der Waals surface area (Å²) < 4.78 is 32.8. The minimum atomic E-state index is -0.537. The van der Waals surface area contributed by atoms with Gasteiger partial charge in [0.1, 0.15) is 11.6 Å². The molecule has 3 heterocycles. The largest absolute Gasteiger partial charge is 0.375 e. The van der Waals surface area contributed by atoms with Crippen LogP contribution in [0, 0.1) is 17.6 Å². The lowest BCUT2D eigenvalue weighted by Gasteiger charge is -2.45. The van der Waals surface area contributed by atoms with Crippen LogP contribution in [0.25, 0.3) is 0 Å². The van der Waals surface area contributed by atoms with Gasteiger partial charge < -0.3 is 9.64 Å². The zero-order chi connectivity index (χ0) is 19.6. The summed E-state index contributed by atoms with van der Waals surface area (Å²) in [6.07, 6.45) is 7.08. The molecule has 1 aromatic carbocycles. The van der Waals surface area contributed by atoms with Crippen molar-refractivity contribution in [3.05, 3.63) is 35.4 Å². The lowest BCUT2D eigenvalue weighted by Crippen LogP contribution is -2.51. The summed E-state index contributed by atoms with van der Waals surface area (Å²) in [6.45, 7) is 4.58. The summed E-state index contributed by atoms with van der Waals surface area (Å²) >= 11 is 0. The van der Waals surface area contributed by atoms with Gasteiger partial charge in [0.05, 0.1) is 5.60 Å². The summed E-state index contributed by atoms with van der Waals surface area (Å²) in [5, 5.41) is 0. The third-order valence-electron chi connectivity index (χ3n) is 6.69. The lowest BCUT2D eigenvalue weighted by atomic mass is 9.84. The molecule has 28 heavy (non-hydrogen) atoms. The molecule has 4 rings (SSSR count). The van der Waals surface area contributed by atoms with Crippen molar-refractivity contribution < 1.29 is 18.3 Å². The van der Waals surface area contributed by atoms with Crippen LogP contribution in [0.1, 0.15) is 50.5 Å². The molecule has 3 fully saturated rings. The van der Waals surface area contributed by atoms with E-state index in [1.807, 2.05) is 4.90 Å².